The lowest BCUT2D eigenvalue weighted by atomic mass is 10.1. The van der Waals surface area contributed by atoms with Crippen molar-refractivity contribution in [1.29, 1.82) is 5.26 Å². The van der Waals surface area contributed by atoms with Gasteiger partial charge < -0.3 is 9.47 Å². The summed E-state index contributed by atoms with van der Waals surface area (Å²) in [6, 6.07) is 2.02. The first-order valence-corrected chi connectivity index (χ1v) is 4.77. The Kier molecular flexibility index (Phi) is 4.47. The molecule has 4 nitrogen and oxygen atoms in total. The summed E-state index contributed by atoms with van der Waals surface area (Å²) in [6.45, 7) is 0. The maximum atomic E-state index is 12.5. The van der Waals surface area contributed by atoms with Gasteiger partial charge in [-0.25, -0.2) is 13.8 Å². The van der Waals surface area contributed by atoms with Crippen LogP contribution in [0.3, 0.4) is 0 Å². The number of ether oxygens (including phenoxy) is 2. The Morgan fingerprint density at radius 1 is 1.42 bits per heavy atom. The fourth-order valence-electron chi connectivity index (χ4n) is 1.28. The molecule has 1 aromatic heterocycles. The van der Waals surface area contributed by atoms with E-state index in [1.165, 1.54) is 0 Å². The standard InChI is InChI=1S/C10H7F5N2O2/c1-18-9-5(2-3-16)7(19-10(13,14)15)4-6(17-9)8(11)12/h4,8H,2H2,1H3. The molecule has 104 valence electrons. The lowest BCUT2D eigenvalue weighted by molar-refractivity contribution is -0.275. The van der Waals surface area contributed by atoms with Gasteiger partial charge >= 0.3 is 6.36 Å². The van der Waals surface area contributed by atoms with E-state index in [1.54, 1.807) is 6.07 Å². The molecule has 0 N–H and O–H groups in total. The second-order valence-electron chi connectivity index (χ2n) is 3.22. The van der Waals surface area contributed by atoms with Crippen molar-refractivity contribution in [3.05, 3.63) is 17.3 Å². The average molecular weight is 282 g/mol. The molecule has 1 aromatic rings. The molecule has 0 aliphatic heterocycles. The predicted octanol–water partition coefficient (Wildman–Crippen LogP) is 2.99. The van der Waals surface area contributed by atoms with E-state index in [0.717, 1.165) is 7.11 Å². The maximum Gasteiger partial charge on any atom is 0.573 e. The van der Waals surface area contributed by atoms with Crippen LogP contribution in [0.2, 0.25) is 0 Å². The molecule has 0 saturated carbocycles. The summed E-state index contributed by atoms with van der Waals surface area (Å²) in [5.41, 5.74) is -1.27. The molecule has 0 radical (unpaired) electrons. The summed E-state index contributed by atoms with van der Waals surface area (Å²) in [4.78, 5) is 3.33. The van der Waals surface area contributed by atoms with Gasteiger partial charge in [-0.3, -0.25) is 0 Å². The fraction of sp³-hybridized carbons (Fsp3) is 0.400. The lowest BCUT2D eigenvalue weighted by Gasteiger charge is -2.15. The minimum atomic E-state index is -5.07. The highest BCUT2D eigenvalue weighted by Crippen LogP contribution is 2.34. The summed E-state index contributed by atoms with van der Waals surface area (Å²) in [7, 11) is 1.04. The van der Waals surface area contributed by atoms with E-state index in [0.29, 0.717) is 6.07 Å². The Morgan fingerprint density at radius 2 is 2.05 bits per heavy atom. The lowest BCUT2D eigenvalue weighted by Crippen LogP contribution is -2.19. The monoisotopic (exact) mass is 282 g/mol. The van der Waals surface area contributed by atoms with Crippen LogP contribution in [0.15, 0.2) is 6.07 Å². The van der Waals surface area contributed by atoms with Crippen LogP contribution in [-0.4, -0.2) is 18.5 Å². The van der Waals surface area contributed by atoms with Crippen LogP contribution < -0.4 is 9.47 Å². The summed E-state index contributed by atoms with van der Waals surface area (Å²) in [5, 5.41) is 8.52. The van der Waals surface area contributed by atoms with Gasteiger partial charge in [0.05, 0.1) is 25.2 Å². The van der Waals surface area contributed by atoms with E-state index in [1.807, 2.05) is 0 Å². The van der Waals surface area contributed by atoms with Gasteiger partial charge in [-0.2, -0.15) is 5.26 Å². The second-order valence-corrected chi connectivity index (χ2v) is 3.22. The maximum absolute atomic E-state index is 12.5. The van der Waals surface area contributed by atoms with Gasteiger partial charge in [0.1, 0.15) is 11.4 Å². The van der Waals surface area contributed by atoms with Gasteiger partial charge in [0, 0.05) is 6.07 Å². The van der Waals surface area contributed by atoms with Crippen LogP contribution in [0, 0.1) is 11.3 Å². The number of halogens is 5. The van der Waals surface area contributed by atoms with Crippen LogP contribution >= 0.6 is 0 Å². The van der Waals surface area contributed by atoms with Crippen molar-refractivity contribution >= 4 is 0 Å². The van der Waals surface area contributed by atoms with Gasteiger partial charge in [0.15, 0.2) is 0 Å². The van der Waals surface area contributed by atoms with E-state index in [-0.39, 0.29) is 5.56 Å². The van der Waals surface area contributed by atoms with Gasteiger partial charge in [0.2, 0.25) is 5.88 Å². The number of hydrogen-bond acceptors (Lipinski definition) is 4. The van der Waals surface area contributed by atoms with E-state index >= 15 is 0 Å². The summed E-state index contributed by atoms with van der Waals surface area (Å²) in [5.74, 6) is -1.42. The number of hydrogen-bond donors (Lipinski definition) is 0. The molecule has 0 aliphatic rings. The Morgan fingerprint density at radius 3 is 2.47 bits per heavy atom. The molecule has 0 aliphatic carbocycles. The van der Waals surface area contributed by atoms with E-state index in [4.69, 9.17) is 5.26 Å². The Bertz CT molecular complexity index is 496. The molecule has 0 unspecified atom stereocenters. The molecule has 0 saturated heterocycles. The number of nitrogens with zero attached hydrogens (tertiary/aromatic N) is 2. The zero-order chi connectivity index (χ0) is 14.6. The van der Waals surface area contributed by atoms with Crippen LogP contribution in [0.1, 0.15) is 17.7 Å². The summed E-state index contributed by atoms with van der Waals surface area (Å²) < 4.78 is 69.7. The van der Waals surface area contributed by atoms with Gasteiger partial charge in [-0.15, -0.1) is 13.2 Å². The average Bonchev–Trinajstić information content (AvgIpc) is 2.29. The van der Waals surface area contributed by atoms with Gasteiger partial charge in [0.25, 0.3) is 6.43 Å². The smallest absolute Gasteiger partial charge is 0.481 e. The largest absolute Gasteiger partial charge is 0.573 e. The third-order valence-electron chi connectivity index (χ3n) is 1.96. The zero-order valence-electron chi connectivity index (χ0n) is 9.46. The highest BCUT2D eigenvalue weighted by Gasteiger charge is 2.33. The van der Waals surface area contributed by atoms with Gasteiger partial charge in [-0.1, -0.05) is 0 Å². The fourth-order valence-corrected chi connectivity index (χ4v) is 1.28. The number of nitriles is 1. The summed E-state index contributed by atoms with van der Waals surface area (Å²) in [6.07, 6.45) is -8.69. The first-order valence-electron chi connectivity index (χ1n) is 4.77. The molecule has 0 amide bonds. The molecule has 1 heterocycles. The number of alkyl halides is 5. The molecule has 1 rings (SSSR count). The van der Waals surface area contributed by atoms with E-state index < -0.39 is 36.5 Å². The van der Waals surface area contributed by atoms with Crippen LogP contribution in [0.4, 0.5) is 22.0 Å². The molecule has 0 bridgehead atoms. The minimum Gasteiger partial charge on any atom is -0.481 e. The van der Waals surface area contributed by atoms with Crippen molar-refractivity contribution in [1.82, 2.24) is 4.98 Å². The molecule has 9 heteroatoms. The molecule has 0 aromatic carbocycles. The Balaban J connectivity index is 3.37. The van der Waals surface area contributed by atoms with Crippen molar-refractivity contribution in [2.45, 2.75) is 19.2 Å². The van der Waals surface area contributed by atoms with E-state index in [2.05, 4.69) is 14.5 Å². The number of pyridine rings is 1. The number of rotatable bonds is 4. The highest BCUT2D eigenvalue weighted by atomic mass is 19.4. The molecule has 0 fully saturated rings. The Labute approximate surface area is 104 Å². The molecular formula is C10H7F5N2O2. The zero-order valence-corrected chi connectivity index (χ0v) is 9.46. The van der Waals surface area contributed by atoms with Crippen LogP contribution in [0.5, 0.6) is 11.6 Å². The summed E-state index contributed by atoms with van der Waals surface area (Å²) >= 11 is 0. The van der Waals surface area contributed by atoms with E-state index in [9.17, 15) is 22.0 Å². The van der Waals surface area contributed by atoms with Gasteiger partial charge in [-0.05, 0) is 0 Å². The quantitative estimate of drug-likeness (QED) is 0.797. The third kappa shape index (κ3) is 3.94. The first kappa shape index (κ1) is 14.9. The first-order chi connectivity index (χ1) is 8.78. The number of aromatic nitrogens is 1. The minimum absolute atomic E-state index is 0.341. The van der Waals surface area contributed by atoms with Crippen molar-refractivity contribution in [2.75, 3.05) is 7.11 Å². The van der Waals surface area contributed by atoms with Crippen LogP contribution in [-0.2, 0) is 6.42 Å². The van der Waals surface area contributed by atoms with Crippen molar-refractivity contribution in [2.24, 2.45) is 0 Å². The highest BCUT2D eigenvalue weighted by molar-refractivity contribution is 5.44. The normalized spacial score (nSPS) is 11.3. The topological polar surface area (TPSA) is 55.1 Å². The second kappa shape index (κ2) is 5.69. The van der Waals surface area contributed by atoms with Crippen molar-refractivity contribution in [3.8, 4) is 17.7 Å². The van der Waals surface area contributed by atoms with Crippen molar-refractivity contribution < 1.29 is 31.4 Å². The number of methoxy groups -OCH3 is 1. The van der Waals surface area contributed by atoms with Crippen LogP contribution in [0.25, 0.3) is 0 Å². The Hall–Kier alpha value is -2.11. The molecule has 0 spiro atoms. The molecular weight excluding hydrogens is 275 g/mol. The molecule has 19 heavy (non-hydrogen) atoms. The SMILES string of the molecule is COc1nc(C(F)F)cc(OC(F)(F)F)c1CC#N. The predicted molar refractivity (Wildman–Crippen MR) is 51.7 cm³/mol. The molecule has 0 atom stereocenters. The van der Waals surface area contributed by atoms with Crippen molar-refractivity contribution in [3.63, 3.8) is 0 Å². The third-order valence-corrected chi connectivity index (χ3v) is 1.96.